The second-order valence-electron chi connectivity index (χ2n) is 3.23. The highest BCUT2D eigenvalue weighted by atomic mass is 14.8. The molecule has 0 aliphatic heterocycles. The fraction of sp³-hybridized carbons (Fsp3) is 0.167. The van der Waals surface area contributed by atoms with Gasteiger partial charge in [0.2, 0.25) is 0 Å². The third kappa shape index (κ3) is 1.26. The van der Waals surface area contributed by atoms with Gasteiger partial charge in [-0.1, -0.05) is 36.4 Å². The topological polar surface area (TPSA) is 12.0 Å². The summed E-state index contributed by atoms with van der Waals surface area (Å²) >= 11 is 0. The molecule has 2 aromatic rings. The molecular weight excluding hydrogens is 158 g/mol. The molecule has 0 unspecified atom stereocenters. The maximum absolute atomic E-state index is 3.24. The first-order chi connectivity index (χ1) is 6.33. The molecule has 0 spiro atoms. The van der Waals surface area contributed by atoms with Gasteiger partial charge < -0.3 is 5.32 Å². The normalized spacial score (nSPS) is 10.3. The van der Waals surface area contributed by atoms with E-state index in [-0.39, 0.29) is 0 Å². The Morgan fingerprint density at radius 1 is 1.00 bits per heavy atom. The minimum absolute atomic E-state index is 1.23. The molecule has 0 atom stereocenters. The summed E-state index contributed by atoms with van der Waals surface area (Å²) in [5.74, 6) is 0. The van der Waals surface area contributed by atoms with Gasteiger partial charge in [-0.05, 0) is 17.9 Å². The fourth-order valence-electron chi connectivity index (χ4n) is 1.71. The molecule has 13 heavy (non-hydrogen) atoms. The molecule has 2 aromatic carbocycles. The summed E-state index contributed by atoms with van der Waals surface area (Å²) in [7, 11) is 1.97. The van der Waals surface area contributed by atoms with Crippen LogP contribution in [0.1, 0.15) is 5.56 Å². The Hall–Kier alpha value is -1.50. The number of rotatable bonds is 1. The zero-order valence-electron chi connectivity index (χ0n) is 7.96. The first kappa shape index (κ1) is 8.11. The van der Waals surface area contributed by atoms with Crippen molar-refractivity contribution in [2.75, 3.05) is 12.4 Å². The van der Waals surface area contributed by atoms with E-state index in [1.807, 2.05) is 7.05 Å². The van der Waals surface area contributed by atoms with Crippen LogP contribution >= 0.6 is 0 Å². The summed E-state index contributed by atoms with van der Waals surface area (Å²) in [6.45, 7) is 2.12. The van der Waals surface area contributed by atoms with E-state index in [1.165, 1.54) is 22.0 Å². The number of anilines is 1. The van der Waals surface area contributed by atoms with Crippen LogP contribution in [0, 0.1) is 6.92 Å². The third-order valence-electron chi connectivity index (χ3n) is 2.39. The lowest BCUT2D eigenvalue weighted by atomic mass is 10.1. The maximum atomic E-state index is 3.24. The first-order valence-electron chi connectivity index (χ1n) is 4.49. The van der Waals surface area contributed by atoms with Gasteiger partial charge in [-0.2, -0.15) is 0 Å². The Bertz CT molecular complexity index is 432. The molecule has 0 aliphatic carbocycles. The Kier molecular flexibility index (Phi) is 1.93. The van der Waals surface area contributed by atoms with Crippen molar-refractivity contribution in [2.45, 2.75) is 6.92 Å². The molecule has 0 heterocycles. The van der Waals surface area contributed by atoms with Crippen LogP contribution in [-0.2, 0) is 0 Å². The van der Waals surface area contributed by atoms with Crippen molar-refractivity contribution in [1.82, 2.24) is 0 Å². The van der Waals surface area contributed by atoms with Crippen molar-refractivity contribution < 1.29 is 0 Å². The van der Waals surface area contributed by atoms with E-state index in [9.17, 15) is 0 Å². The molecule has 0 fully saturated rings. The summed E-state index contributed by atoms with van der Waals surface area (Å²) in [6.07, 6.45) is 0. The summed E-state index contributed by atoms with van der Waals surface area (Å²) in [6, 6.07) is 12.7. The first-order valence-corrected chi connectivity index (χ1v) is 4.49. The molecule has 1 heteroatoms. The number of hydrogen-bond acceptors (Lipinski definition) is 1. The number of aryl methyl sites for hydroxylation is 1. The molecule has 0 radical (unpaired) electrons. The lowest BCUT2D eigenvalue weighted by molar-refractivity contribution is 1.43. The molecule has 0 bridgehead atoms. The molecule has 66 valence electrons. The van der Waals surface area contributed by atoms with E-state index in [0.717, 1.165) is 0 Å². The second-order valence-corrected chi connectivity index (χ2v) is 3.23. The van der Waals surface area contributed by atoms with Gasteiger partial charge in [0.15, 0.2) is 0 Å². The van der Waals surface area contributed by atoms with Crippen LogP contribution in [-0.4, -0.2) is 7.05 Å². The largest absolute Gasteiger partial charge is 0.387 e. The Balaban J connectivity index is 2.84. The molecule has 0 aromatic heterocycles. The van der Waals surface area contributed by atoms with E-state index < -0.39 is 0 Å². The zero-order valence-corrected chi connectivity index (χ0v) is 7.96. The van der Waals surface area contributed by atoms with Gasteiger partial charge in [-0.25, -0.2) is 0 Å². The lowest BCUT2D eigenvalue weighted by Gasteiger charge is -2.08. The molecule has 2 rings (SSSR count). The van der Waals surface area contributed by atoms with Crippen molar-refractivity contribution in [2.24, 2.45) is 0 Å². The molecule has 0 aliphatic rings. The average molecular weight is 171 g/mol. The highest BCUT2D eigenvalue weighted by Crippen LogP contribution is 2.26. The molecular formula is C12H13N. The van der Waals surface area contributed by atoms with Gasteiger partial charge in [0.05, 0.1) is 0 Å². The molecule has 1 nitrogen and oxygen atoms in total. The van der Waals surface area contributed by atoms with Crippen LogP contribution in [0.25, 0.3) is 10.8 Å². The fourth-order valence-corrected chi connectivity index (χ4v) is 1.71. The molecule has 0 saturated heterocycles. The van der Waals surface area contributed by atoms with Crippen molar-refractivity contribution in [3.05, 3.63) is 42.0 Å². The lowest BCUT2D eigenvalue weighted by Crippen LogP contribution is -1.92. The van der Waals surface area contributed by atoms with Crippen LogP contribution in [0.4, 0.5) is 5.69 Å². The summed E-state index contributed by atoms with van der Waals surface area (Å²) in [5, 5.41) is 5.82. The van der Waals surface area contributed by atoms with E-state index in [4.69, 9.17) is 0 Å². The third-order valence-corrected chi connectivity index (χ3v) is 2.39. The SMILES string of the molecule is CNc1c(C)ccc2ccccc12. The van der Waals surface area contributed by atoms with Gasteiger partial charge in [-0.3, -0.25) is 0 Å². The van der Waals surface area contributed by atoms with Crippen LogP contribution in [0.3, 0.4) is 0 Å². The van der Waals surface area contributed by atoms with E-state index in [2.05, 4.69) is 48.6 Å². The average Bonchev–Trinajstić information content (AvgIpc) is 2.18. The predicted octanol–water partition coefficient (Wildman–Crippen LogP) is 3.19. The van der Waals surface area contributed by atoms with Crippen molar-refractivity contribution >= 4 is 16.5 Å². The van der Waals surface area contributed by atoms with Crippen molar-refractivity contribution in [3.8, 4) is 0 Å². The minimum atomic E-state index is 1.23. The maximum Gasteiger partial charge on any atom is 0.0446 e. The van der Waals surface area contributed by atoms with Crippen molar-refractivity contribution in [3.63, 3.8) is 0 Å². The summed E-state index contributed by atoms with van der Waals surface area (Å²) < 4.78 is 0. The Morgan fingerprint density at radius 3 is 2.54 bits per heavy atom. The highest BCUT2D eigenvalue weighted by molar-refractivity contribution is 5.95. The molecule has 0 amide bonds. The smallest absolute Gasteiger partial charge is 0.0446 e. The quantitative estimate of drug-likeness (QED) is 0.694. The monoisotopic (exact) mass is 171 g/mol. The number of benzene rings is 2. The van der Waals surface area contributed by atoms with Crippen LogP contribution < -0.4 is 5.32 Å². The van der Waals surface area contributed by atoms with Gasteiger partial charge in [-0.15, -0.1) is 0 Å². The summed E-state index contributed by atoms with van der Waals surface area (Å²) in [5.41, 5.74) is 2.53. The highest BCUT2D eigenvalue weighted by Gasteiger charge is 2.00. The number of nitrogens with one attached hydrogen (secondary N) is 1. The van der Waals surface area contributed by atoms with Crippen LogP contribution in [0.15, 0.2) is 36.4 Å². The van der Waals surface area contributed by atoms with E-state index in [0.29, 0.717) is 0 Å². The second kappa shape index (κ2) is 3.09. The van der Waals surface area contributed by atoms with Crippen LogP contribution in [0.2, 0.25) is 0 Å². The van der Waals surface area contributed by atoms with Gasteiger partial charge in [0.25, 0.3) is 0 Å². The Morgan fingerprint density at radius 2 is 1.77 bits per heavy atom. The van der Waals surface area contributed by atoms with Gasteiger partial charge in [0.1, 0.15) is 0 Å². The van der Waals surface area contributed by atoms with Crippen LogP contribution in [0.5, 0.6) is 0 Å². The standard InChI is InChI=1S/C12H13N/c1-9-7-8-10-5-3-4-6-11(10)12(9)13-2/h3-8,13H,1-2H3. The minimum Gasteiger partial charge on any atom is -0.387 e. The van der Waals surface area contributed by atoms with Gasteiger partial charge >= 0.3 is 0 Å². The molecule has 0 saturated carbocycles. The predicted molar refractivity (Wildman–Crippen MR) is 58.2 cm³/mol. The van der Waals surface area contributed by atoms with Crippen molar-refractivity contribution in [1.29, 1.82) is 0 Å². The number of hydrogen-bond donors (Lipinski definition) is 1. The molecule has 1 N–H and O–H groups in total. The van der Waals surface area contributed by atoms with E-state index >= 15 is 0 Å². The Labute approximate surface area is 78.4 Å². The zero-order chi connectivity index (χ0) is 9.26. The summed E-state index contributed by atoms with van der Waals surface area (Å²) in [4.78, 5) is 0. The van der Waals surface area contributed by atoms with Gasteiger partial charge in [0, 0.05) is 18.1 Å². The van der Waals surface area contributed by atoms with E-state index in [1.54, 1.807) is 0 Å². The number of fused-ring (bicyclic) bond motifs is 1.